The molecule has 2 aromatic heterocycles. The van der Waals surface area contributed by atoms with Gasteiger partial charge >= 0.3 is 0 Å². The Balaban J connectivity index is 1.60. The van der Waals surface area contributed by atoms with Crippen molar-refractivity contribution in [3.8, 4) is 32.0 Å². The van der Waals surface area contributed by atoms with Gasteiger partial charge in [-0.1, -0.05) is 24.3 Å². The van der Waals surface area contributed by atoms with E-state index in [1.807, 2.05) is 24.3 Å². The summed E-state index contributed by atoms with van der Waals surface area (Å²) >= 11 is 10.4. The Morgan fingerprint density at radius 3 is 1.42 bits per heavy atom. The topological polar surface area (TPSA) is 17.1 Å². The van der Waals surface area contributed by atoms with Crippen LogP contribution in [0, 0.1) is 0 Å². The Kier molecular flexibility index (Phi) is 4.01. The Bertz CT molecular complexity index is 1090. The van der Waals surface area contributed by atoms with Crippen molar-refractivity contribution in [3.63, 3.8) is 0 Å². The lowest BCUT2D eigenvalue weighted by Crippen LogP contribution is -1.95. The molecule has 2 heterocycles. The molecule has 0 atom stereocenters. The van der Waals surface area contributed by atoms with Gasteiger partial charge in [-0.2, -0.15) is 0 Å². The molecule has 0 saturated heterocycles. The average molecular weight is 502 g/mol. The molecule has 0 radical (unpaired) electrons. The predicted octanol–water partition coefficient (Wildman–Crippen LogP) is 7.88. The van der Waals surface area contributed by atoms with Gasteiger partial charge in [-0.25, -0.2) is 0 Å². The third-order valence-electron chi connectivity index (χ3n) is 4.53. The first-order valence-electron chi connectivity index (χ1n) is 7.95. The molecular weight excluding hydrogens is 492 g/mol. The van der Waals surface area contributed by atoms with Gasteiger partial charge in [0, 0.05) is 20.9 Å². The van der Waals surface area contributed by atoms with Crippen molar-refractivity contribution in [2.24, 2.45) is 0 Å². The molecule has 4 aromatic rings. The lowest BCUT2D eigenvalue weighted by molar-refractivity contribution is 0.104. The van der Waals surface area contributed by atoms with Crippen LogP contribution in [-0.4, -0.2) is 5.78 Å². The molecule has 0 spiro atoms. The fourth-order valence-corrected chi connectivity index (χ4v) is 6.09. The number of carbonyl (C=O) groups is 1. The molecule has 0 bridgehead atoms. The Hall–Kier alpha value is -1.53. The molecule has 126 valence electrons. The normalized spacial score (nSPS) is 12.3. The van der Waals surface area contributed by atoms with E-state index in [0.29, 0.717) is 0 Å². The van der Waals surface area contributed by atoms with Gasteiger partial charge in [-0.3, -0.25) is 4.79 Å². The van der Waals surface area contributed by atoms with Crippen molar-refractivity contribution in [1.82, 2.24) is 0 Å². The molecule has 1 nitrogen and oxygen atoms in total. The molecule has 1 aliphatic rings. The van der Waals surface area contributed by atoms with E-state index in [1.54, 1.807) is 22.7 Å². The van der Waals surface area contributed by atoms with Crippen molar-refractivity contribution in [1.29, 1.82) is 0 Å². The average Bonchev–Trinajstić information content (AvgIpc) is 3.34. The van der Waals surface area contributed by atoms with Crippen LogP contribution in [0.2, 0.25) is 0 Å². The van der Waals surface area contributed by atoms with E-state index in [-0.39, 0.29) is 5.78 Å². The highest BCUT2D eigenvalue weighted by molar-refractivity contribution is 9.11. The minimum Gasteiger partial charge on any atom is -0.289 e. The maximum absolute atomic E-state index is 13.1. The summed E-state index contributed by atoms with van der Waals surface area (Å²) in [7, 11) is 0. The molecule has 0 saturated carbocycles. The predicted molar refractivity (Wildman–Crippen MR) is 117 cm³/mol. The highest BCUT2D eigenvalue weighted by Gasteiger charge is 2.27. The first-order chi connectivity index (χ1) is 12.6. The maximum atomic E-state index is 13.1. The second-order valence-electron chi connectivity index (χ2n) is 6.06. The molecule has 1 aliphatic carbocycles. The zero-order valence-corrected chi connectivity index (χ0v) is 18.1. The van der Waals surface area contributed by atoms with Crippen molar-refractivity contribution in [3.05, 3.63) is 79.4 Å². The second kappa shape index (κ2) is 6.27. The van der Waals surface area contributed by atoms with Crippen LogP contribution in [0.25, 0.3) is 32.0 Å². The first-order valence-corrected chi connectivity index (χ1v) is 11.2. The van der Waals surface area contributed by atoms with E-state index in [2.05, 4.69) is 68.3 Å². The number of halogens is 2. The Labute approximate surface area is 175 Å². The van der Waals surface area contributed by atoms with Crippen LogP contribution in [0.4, 0.5) is 0 Å². The fourth-order valence-electron chi connectivity index (χ4n) is 3.32. The largest absolute Gasteiger partial charge is 0.289 e. The number of fused-ring (bicyclic) bond motifs is 3. The summed E-state index contributed by atoms with van der Waals surface area (Å²) in [5, 5.41) is 0. The highest BCUT2D eigenvalue weighted by atomic mass is 79.9. The minimum atomic E-state index is 0.116. The Morgan fingerprint density at radius 1 is 0.577 bits per heavy atom. The van der Waals surface area contributed by atoms with E-state index in [9.17, 15) is 4.79 Å². The van der Waals surface area contributed by atoms with Crippen LogP contribution < -0.4 is 0 Å². The summed E-state index contributed by atoms with van der Waals surface area (Å²) in [6, 6.07) is 20.6. The number of thiophene rings is 2. The molecule has 5 heteroatoms. The molecule has 26 heavy (non-hydrogen) atoms. The number of hydrogen-bond donors (Lipinski definition) is 0. The molecule has 0 N–H and O–H groups in total. The van der Waals surface area contributed by atoms with Crippen molar-refractivity contribution >= 4 is 60.3 Å². The summed E-state index contributed by atoms with van der Waals surface area (Å²) in [6.07, 6.45) is 0. The molecule has 0 amide bonds. The van der Waals surface area contributed by atoms with Crippen molar-refractivity contribution in [2.75, 3.05) is 0 Å². The standard InChI is InChI=1S/C21H10Br2OS2/c22-19-7-5-17(25-19)11-1-3-13-14-4-2-12(18-6-8-20(23)26-18)10-16(14)21(24)15(13)9-11/h1-10H. The molecule has 0 aliphatic heterocycles. The fraction of sp³-hybridized carbons (Fsp3) is 0. The van der Waals surface area contributed by atoms with Gasteiger partial charge in [0.05, 0.1) is 7.57 Å². The summed E-state index contributed by atoms with van der Waals surface area (Å²) < 4.78 is 2.18. The summed E-state index contributed by atoms with van der Waals surface area (Å²) in [5.41, 5.74) is 5.83. The van der Waals surface area contributed by atoms with Gasteiger partial charge < -0.3 is 0 Å². The van der Waals surface area contributed by atoms with Gasteiger partial charge in [-0.05, 0) is 90.5 Å². The molecular formula is C21H10Br2OS2. The molecule has 0 unspecified atom stereocenters. The van der Waals surface area contributed by atoms with Gasteiger partial charge in [0.2, 0.25) is 0 Å². The van der Waals surface area contributed by atoms with Crippen LogP contribution in [0.3, 0.4) is 0 Å². The third kappa shape index (κ3) is 2.65. The monoisotopic (exact) mass is 500 g/mol. The van der Waals surface area contributed by atoms with Crippen molar-refractivity contribution < 1.29 is 4.79 Å². The van der Waals surface area contributed by atoms with Crippen LogP contribution >= 0.6 is 54.5 Å². The number of benzene rings is 2. The van der Waals surface area contributed by atoms with E-state index in [0.717, 1.165) is 50.7 Å². The number of hydrogen-bond acceptors (Lipinski definition) is 3. The molecule has 0 fully saturated rings. The zero-order chi connectivity index (χ0) is 17.8. The number of ketones is 1. The first kappa shape index (κ1) is 16.6. The summed E-state index contributed by atoms with van der Waals surface area (Å²) in [4.78, 5) is 15.4. The smallest absolute Gasteiger partial charge is 0.194 e. The van der Waals surface area contributed by atoms with Crippen molar-refractivity contribution in [2.45, 2.75) is 0 Å². The zero-order valence-electron chi connectivity index (χ0n) is 13.3. The summed E-state index contributed by atoms with van der Waals surface area (Å²) in [5.74, 6) is 0.116. The van der Waals surface area contributed by atoms with Gasteiger partial charge in [0.25, 0.3) is 0 Å². The quantitative estimate of drug-likeness (QED) is 0.240. The number of carbonyl (C=O) groups excluding carboxylic acids is 1. The van der Waals surface area contributed by atoms with Gasteiger partial charge in [0.15, 0.2) is 5.78 Å². The lowest BCUT2D eigenvalue weighted by Gasteiger charge is -2.03. The molecule has 5 rings (SSSR count). The maximum Gasteiger partial charge on any atom is 0.194 e. The van der Waals surface area contributed by atoms with Crippen LogP contribution in [0.15, 0.2) is 68.2 Å². The lowest BCUT2D eigenvalue weighted by atomic mass is 10.0. The van der Waals surface area contributed by atoms with Crippen LogP contribution in [-0.2, 0) is 0 Å². The molecule has 2 aromatic carbocycles. The van der Waals surface area contributed by atoms with Gasteiger partial charge in [-0.15, -0.1) is 22.7 Å². The van der Waals surface area contributed by atoms with Gasteiger partial charge in [0.1, 0.15) is 0 Å². The number of rotatable bonds is 2. The third-order valence-corrected chi connectivity index (χ3v) is 7.88. The summed E-state index contributed by atoms with van der Waals surface area (Å²) in [6.45, 7) is 0. The van der Waals surface area contributed by atoms with E-state index < -0.39 is 0 Å². The van der Waals surface area contributed by atoms with E-state index in [4.69, 9.17) is 0 Å². The Morgan fingerprint density at radius 2 is 1.04 bits per heavy atom. The van der Waals surface area contributed by atoms with E-state index in [1.165, 1.54) is 0 Å². The van der Waals surface area contributed by atoms with Crippen LogP contribution in [0.1, 0.15) is 15.9 Å². The minimum absolute atomic E-state index is 0.116. The SMILES string of the molecule is O=C1c2cc(-c3ccc(Br)s3)ccc2-c2ccc(-c3ccc(Br)s3)cc21. The van der Waals surface area contributed by atoms with Crippen LogP contribution in [0.5, 0.6) is 0 Å². The second-order valence-corrected chi connectivity index (χ2v) is 11.0. The van der Waals surface area contributed by atoms with E-state index >= 15 is 0 Å². The highest BCUT2D eigenvalue weighted by Crippen LogP contribution is 2.42.